The molecule has 1 radical (unpaired) electrons. The van der Waals surface area contributed by atoms with Gasteiger partial charge in [0.15, 0.2) is 0 Å². The second-order valence-electron chi connectivity index (χ2n) is 2.88. The molecule has 0 amide bonds. The van der Waals surface area contributed by atoms with E-state index in [4.69, 9.17) is 11.6 Å². The fraction of sp³-hybridized carbons (Fsp3) is 0. The maximum absolute atomic E-state index is 13.3. The molecular formula is C12H7ClF. The van der Waals surface area contributed by atoms with Crippen molar-refractivity contribution in [1.82, 2.24) is 0 Å². The summed E-state index contributed by atoms with van der Waals surface area (Å²) in [5.41, 5.74) is 1.18. The van der Waals surface area contributed by atoms with E-state index < -0.39 is 0 Å². The summed E-state index contributed by atoms with van der Waals surface area (Å²) in [5, 5.41) is 0.547. The van der Waals surface area contributed by atoms with Crippen molar-refractivity contribution in [3.05, 3.63) is 59.4 Å². The van der Waals surface area contributed by atoms with Crippen LogP contribution in [-0.4, -0.2) is 0 Å². The SMILES string of the molecule is Fc1[c]cccc1-c1ccccc1Cl. The van der Waals surface area contributed by atoms with Crippen LogP contribution in [0.25, 0.3) is 11.1 Å². The lowest BCUT2D eigenvalue weighted by Crippen LogP contribution is -1.84. The van der Waals surface area contributed by atoms with E-state index in [1.54, 1.807) is 24.3 Å². The van der Waals surface area contributed by atoms with Gasteiger partial charge in [0.2, 0.25) is 0 Å². The van der Waals surface area contributed by atoms with Gasteiger partial charge >= 0.3 is 0 Å². The Balaban J connectivity index is 2.61. The van der Waals surface area contributed by atoms with Gasteiger partial charge in [-0.25, -0.2) is 4.39 Å². The molecule has 0 fully saturated rings. The quantitative estimate of drug-likeness (QED) is 0.662. The van der Waals surface area contributed by atoms with E-state index in [1.165, 1.54) is 6.07 Å². The van der Waals surface area contributed by atoms with Crippen LogP contribution >= 0.6 is 11.6 Å². The topological polar surface area (TPSA) is 0 Å². The van der Waals surface area contributed by atoms with E-state index in [2.05, 4.69) is 6.07 Å². The molecule has 2 aromatic carbocycles. The largest absolute Gasteiger partial charge is 0.206 e. The van der Waals surface area contributed by atoms with Crippen LogP contribution in [0.2, 0.25) is 5.02 Å². The lowest BCUT2D eigenvalue weighted by molar-refractivity contribution is 0.629. The molecule has 0 spiro atoms. The minimum absolute atomic E-state index is 0.374. The van der Waals surface area contributed by atoms with Crippen molar-refractivity contribution in [2.75, 3.05) is 0 Å². The van der Waals surface area contributed by atoms with Crippen LogP contribution in [0.15, 0.2) is 42.5 Å². The van der Waals surface area contributed by atoms with Gasteiger partial charge in [-0.05, 0) is 6.07 Å². The summed E-state index contributed by atoms with van der Waals surface area (Å²) in [5.74, 6) is -0.374. The van der Waals surface area contributed by atoms with E-state index in [0.717, 1.165) is 0 Å². The summed E-state index contributed by atoms with van der Waals surface area (Å²) < 4.78 is 13.3. The molecule has 0 aromatic heterocycles. The maximum atomic E-state index is 13.3. The lowest BCUT2D eigenvalue weighted by Gasteiger charge is -2.04. The van der Waals surface area contributed by atoms with E-state index >= 15 is 0 Å². The van der Waals surface area contributed by atoms with Crippen molar-refractivity contribution in [2.45, 2.75) is 0 Å². The fourth-order valence-corrected chi connectivity index (χ4v) is 1.54. The van der Waals surface area contributed by atoms with Gasteiger partial charge in [0, 0.05) is 22.2 Å². The zero-order valence-electron chi connectivity index (χ0n) is 7.30. The van der Waals surface area contributed by atoms with Crippen LogP contribution in [-0.2, 0) is 0 Å². The van der Waals surface area contributed by atoms with Crippen LogP contribution < -0.4 is 0 Å². The number of hydrogen-bond donors (Lipinski definition) is 0. The van der Waals surface area contributed by atoms with Gasteiger partial charge in [-0.3, -0.25) is 0 Å². The van der Waals surface area contributed by atoms with Gasteiger partial charge < -0.3 is 0 Å². The molecule has 69 valence electrons. The molecule has 0 saturated carbocycles. The first-order chi connectivity index (χ1) is 6.79. The normalized spacial score (nSPS) is 10.1. The molecule has 0 nitrogen and oxygen atoms in total. The molecular weight excluding hydrogens is 199 g/mol. The summed E-state index contributed by atoms with van der Waals surface area (Å²) in [6.45, 7) is 0. The minimum Gasteiger partial charge on any atom is -0.206 e. The average Bonchev–Trinajstić information content (AvgIpc) is 2.20. The molecule has 2 rings (SSSR count). The summed E-state index contributed by atoms with van der Waals surface area (Å²) in [6, 6.07) is 14.6. The first-order valence-corrected chi connectivity index (χ1v) is 4.58. The highest BCUT2D eigenvalue weighted by Gasteiger charge is 2.06. The zero-order valence-corrected chi connectivity index (χ0v) is 8.05. The Kier molecular flexibility index (Phi) is 2.51. The molecule has 2 heteroatoms. The number of rotatable bonds is 1. The van der Waals surface area contributed by atoms with Crippen molar-refractivity contribution in [1.29, 1.82) is 0 Å². The van der Waals surface area contributed by atoms with Gasteiger partial charge in [0.1, 0.15) is 5.82 Å². The van der Waals surface area contributed by atoms with Gasteiger partial charge in [0.05, 0.1) is 0 Å². The van der Waals surface area contributed by atoms with Crippen LogP contribution in [0.4, 0.5) is 4.39 Å². The summed E-state index contributed by atoms with van der Waals surface area (Å²) >= 11 is 5.95. The molecule has 0 aliphatic carbocycles. The highest BCUT2D eigenvalue weighted by Crippen LogP contribution is 2.28. The molecule has 0 unspecified atom stereocenters. The Labute approximate surface area is 87.0 Å². The molecule has 0 atom stereocenters. The Morgan fingerprint density at radius 2 is 1.71 bits per heavy atom. The maximum Gasteiger partial charge on any atom is 0.138 e. The third-order valence-corrected chi connectivity index (χ3v) is 2.30. The Morgan fingerprint density at radius 1 is 1.00 bits per heavy atom. The van der Waals surface area contributed by atoms with Crippen molar-refractivity contribution in [2.24, 2.45) is 0 Å². The van der Waals surface area contributed by atoms with Crippen LogP contribution in [0.5, 0.6) is 0 Å². The molecule has 0 aliphatic heterocycles. The number of benzene rings is 2. The highest BCUT2D eigenvalue weighted by atomic mass is 35.5. The third kappa shape index (κ3) is 1.64. The van der Waals surface area contributed by atoms with E-state index in [0.29, 0.717) is 16.1 Å². The molecule has 0 N–H and O–H groups in total. The summed E-state index contributed by atoms with van der Waals surface area (Å²) in [4.78, 5) is 0. The van der Waals surface area contributed by atoms with Crippen molar-refractivity contribution in [3.8, 4) is 11.1 Å². The summed E-state index contributed by atoms with van der Waals surface area (Å²) in [6.07, 6.45) is 0. The monoisotopic (exact) mass is 205 g/mol. The zero-order chi connectivity index (χ0) is 9.97. The van der Waals surface area contributed by atoms with Crippen LogP contribution in [0.1, 0.15) is 0 Å². The average molecular weight is 206 g/mol. The smallest absolute Gasteiger partial charge is 0.138 e. The predicted molar refractivity (Wildman–Crippen MR) is 55.7 cm³/mol. The van der Waals surface area contributed by atoms with Gasteiger partial charge in [-0.2, -0.15) is 0 Å². The van der Waals surface area contributed by atoms with Gasteiger partial charge in [-0.1, -0.05) is 48.0 Å². The Hall–Kier alpha value is -1.34. The Bertz CT molecular complexity index is 408. The number of halogens is 2. The van der Waals surface area contributed by atoms with E-state index in [-0.39, 0.29) is 5.82 Å². The third-order valence-electron chi connectivity index (χ3n) is 1.97. The fourth-order valence-electron chi connectivity index (χ4n) is 1.30. The van der Waals surface area contributed by atoms with E-state index in [9.17, 15) is 4.39 Å². The number of hydrogen-bond acceptors (Lipinski definition) is 0. The molecule has 14 heavy (non-hydrogen) atoms. The second-order valence-corrected chi connectivity index (χ2v) is 3.28. The molecule has 2 aromatic rings. The summed E-state index contributed by atoms with van der Waals surface area (Å²) in [7, 11) is 0. The highest BCUT2D eigenvalue weighted by molar-refractivity contribution is 6.33. The molecule has 0 heterocycles. The van der Waals surface area contributed by atoms with Crippen LogP contribution in [0, 0.1) is 11.9 Å². The standard InChI is InChI=1S/C12H7ClF/c13-11-7-3-1-5-9(11)10-6-2-4-8-12(10)14/h1-7H. The molecule has 0 aliphatic rings. The van der Waals surface area contributed by atoms with E-state index in [1.807, 2.05) is 12.1 Å². The molecule has 0 saturated heterocycles. The molecule has 0 bridgehead atoms. The first-order valence-electron chi connectivity index (χ1n) is 4.20. The van der Waals surface area contributed by atoms with Crippen molar-refractivity contribution in [3.63, 3.8) is 0 Å². The minimum atomic E-state index is -0.374. The predicted octanol–water partition coefficient (Wildman–Crippen LogP) is 3.95. The van der Waals surface area contributed by atoms with Crippen molar-refractivity contribution < 1.29 is 4.39 Å². The first kappa shape index (κ1) is 9.22. The second kappa shape index (κ2) is 3.81. The van der Waals surface area contributed by atoms with Crippen LogP contribution in [0.3, 0.4) is 0 Å². The lowest BCUT2D eigenvalue weighted by atomic mass is 10.1. The van der Waals surface area contributed by atoms with Gasteiger partial charge in [0.25, 0.3) is 0 Å². The van der Waals surface area contributed by atoms with Crippen molar-refractivity contribution >= 4 is 11.6 Å². The van der Waals surface area contributed by atoms with Gasteiger partial charge in [-0.15, -0.1) is 0 Å². The Morgan fingerprint density at radius 3 is 2.43 bits per heavy atom.